The number of benzene rings is 3. The van der Waals surface area contributed by atoms with Crippen LogP contribution >= 0.6 is 0 Å². The average Bonchev–Trinajstić information content (AvgIpc) is 3.22. The quantitative estimate of drug-likeness (QED) is 0.521. The third-order valence-corrected chi connectivity index (χ3v) is 4.31. The van der Waals surface area contributed by atoms with Crippen molar-refractivity contribution >= 4 is 11.6 Å². The highest BCUT2D eigenvalue weighted by Crippen LogP contribution is 2.18. The molecule has 4 rings (SSSR count). The van der Waals surface area contributed by atoms with E-state index in [0.29, 0.717) is 12.4 Å². The molecule has 0 spiro atoms. The van der Waals surface area contributed by atoms with Gasteiger partial charge in [0.2, 0.25) is 5.82 Å². The van der Waals surface area contributed by atoms with Crippen molar-refractivity contribution in [3.8, 4) is 11.4 Å². The molecule has 4 aromatic rings. The minimum atomic E-state index is -0.105. The number of carbonyl (C=O) groups excluding carboxylic acids is 1. The van der Waals surface area contributed by atoms with Gasteiger partial charge >= 0.3 is 0 Å². The molecule has 6 nitrogen and oxygen atoms in total. The lowest BCUT2D eigenvalue weighted by Crippen LogP contribution is -2.34. The lowest BCUT2D eigenvalue weighted by molar-refractivity contribution is -0.119. The molecule has 28 heavy (non-hydrogen) atoms. The molecule has 0 radical (unpaired) electrons. The molecule has 0 saturated heterocycles. The summed E-state index contributed by atoms with van der Waals surface area (Å²) >= 11 is 0. The highest BCUT2D eigenvalue weighted by Gasteiger charge is 2.18. The van der Waals surface area contributed by atoms with Crippen LogP contribution in [0.3, 0.4) is 0 Å². The lowest BCUT2D eigenvalue weighted by atomic mass is 10.2. The van der Waals surface area contributed by atoms with Gasteiger partial charge in [-0.05, 0) is 22.9 Å². The van der Waals surface area contributed by atoms with Crippen LogP contribution in [0.5, 0.6) is 0 Å². The second-order valence-corrected chi connectivity index (χ2v) is 6.31. The normalized spacial score (nSPS) is 10.6. The van der Waals surface area contributed by atoms with Crippen molar-refractivity contribution in [3.05, 3.63) is 96.6 Å². The zero-order valence-electron chi connectivity index (χ0n) is 15.2. The fourth-order valence-electron chi connectivity index (χ4n) is 2.92. The summed E-state index contributed by atoms with van der Waals surface area (Å²) < 4.78 is 0. The molecule has 1 heterocycles. The Morgan fingerprint density at radius 1 is 0.821 bits per heavy atom. The number of nitrogens with zero attached hydrogens (tertiary/aromatic N) is 5. The first-order valence-corrected chi connectivity index (χ1v) is 9.02. The second-order valence-electron chi connectivity index (χ2n) is 6.31. The predicted octanol–water partition coefficient (Wildman–Crippen LogP) is 3.57. The second kappa shape index (κ2) is 8.26. The van der Waals surface area contributed by atoms with Crippen LogP contribution in [0.25, 0.3) is 11.4 Å². The number of tetrazole rings is 1. The minimum Gasteiger partial charge on any atom is -0.306 e. The summed E-state index contributed by atoms with van der Waals surface area (Å²) in [6.45, 7) is 0.492. The molecule has 6 heteroatoms. The number of anilines is 1. The van der Waals surface area contributed by atoms with Crippen LogP contribution in [0.4, 0.5) is 5.69 Å². The van der Waals surface area contributed by atoms with E-state index in [0.717, 1.165) is 16.8 Å². The van der Waals surface area contributed by atoms with Crippen LogP contribution < -0.4 is 4.90 Å². The largest absolute Gasteiger partial charge is 0.306 e. The molecule has 0 saturated carbocycles. The third-order valence-electron chi connectivity index (χ3n) is 4.31. The summed E-state index contributed by atoms with van der Waals surface area (Å²) in [6.07, 6.45) is 0. The monoisotopic (exact) mass is 369 g/mol. The van der Waals surface area contributed by atoms with Gasteiger partial charge in [0, 0.05) is 11.3 Å². The van der Waals surface area contributed by atoms with E-state index < -0.39 is 0 Å². The minimum absolute atomic E-state index is 0.0154. The smallest absolute Gasteiger partial charge is 0.250 e. The van der Waals surface area contributed by atoms with Crippen molar-refractivity contribution < 1.29 is 4.79 Å². The van der Waals surface area contributed by atoms with Crippen molar-refractivity contribution in [2.75, 3.05) is 4.90 Å². The Hall–Kier alpha value is -3.80. The van der Waals surface area contributed by atoms with E-state index in [2.05, 4.69) is 15.4 Å². The molecule has 3 aromatic carbocycles. The third kappa shape index (κ3) is 4.12. The van der Waals surface area contributed by atoms with Gasteiger partial charge < -0.3 is 4.90 Å². The van der Waals surface area contributed by atoms with Crippen molar-refractivity contribution in [2.45, 2.75) is 13.1 Å². The summed E-state index contributed by atoms with van der Waals surface area (Å²) in [5, 5.41) is 12.5. The summed E-state index contributed by atoms with van der Waals surface area (Å²) in [7, 11) is 0. The molecular formula is C22H19N5O. The van der Waals surface area contributed by atoms with E-state index in [1.54, 1.807) is 4.90 Å². The highest BCUT2D eigenvalue weighted by molar-refractivity contribution is 5.93. The number of para-hydroxylation sites is 1. The van der Waals surface area contributed by atoms with Crippen LogP contribution in [0.15, 0.2) is 91.0 Å². The number of carbonyl (C=O) groups is 1. The van der Waals surface area contributed by atoms with Gasteiger partial charge in [-0.25, -0.2) is 0 Å². The zero-order chi connectivity index (χ0) is 19.2. The van der Waals surface area contributed by atoms with Gasteiger partial charge in [-0.15, -0.1) is 10.2 Å². The van der Waals surface area contributed by atoms with Gasteiger partial charge in [-0.2, -0.15) is 4.80 Å². The van der Waals surface area contributed by atoms with Gasteiger partial charge in [-0.1, -0.05) is 78.9 Å². The van der Waals surface area contributed by atoms with E-state index in [-0.39, 0.29) is 12.5 Å². The van der Waals surface area contributed by atoms with Crippen LogP contribution in [0.1, 0.15) is 5.56 Å². The van der Waals surface area contributed by atoms with Gasteiger partial charge in [-0.3, -0.25) is 4.79 Å². The molecule has 0 aliphatic carbocycles. The van der Waals surface area contributed by atoms with Crippen LogP contribution in [-0.4, -0.2) is 26.1 Å². The first-order chi connectivity index (χ1) is 13.8. The highest BCUT2D eigenvalue weighted by atomic mass is 16.2. The van der Waals surface area contributed by atoms with E-state index in [4.69, 9.17) is 0 Å². The predicted molar refractivity (Wildman–Crippen MR) is 107 cm³/mol. The Morgan fingerprint density at radius 2 is 1.43 bits per heavy atom. The Morgan fingerprint density at radius 3 is 2.11 bits per heavy atom. The van der Waals surface area contributed by atoms with E-state index in [9.17, 15) is 4.79 Å². The molecule has 0 atom stereocenters. The molecule has 138 valence electrons. The van der Waals surface area contributed by atoms with E-state index >= 15 is 0 Å². The van der Waals surface area contributed by atoms with Gasteiger partial charge in [0.1, 0.15) is 6.54 Å². The molecule has 1 aromatic heterocycles. The molecule has 0 unspecified atom stereocenters. The molecule has 0 N–H and O–H groups in total. The van der Waals surface area contributed by atoms with Gasteiger partial charge in [0.25, 0.3) is 5.91 Å². The number of hydrogen-bond acceptors (Lipinski definition) is 4. The van der Waals surface area contributed by atoms with Gasteiger partial charge in [0.15, 0.2) is 0 Å². The summed E-state index contributed by atoms with van der Waals surface area (Å²) in [5.74, 6) is 0.398. The molecule has 0 aliphatic heterocycles. The lowest BCUT2D eigenvalue weighted by Gasteiger charge is -2.22. The summed E-state index contributed by atoms with van der Waals surface area (Å²) in [6, 6.07) is 29.1. The number of hydrogen-bond donors (Lipinski definition) is 0. The van der Waals surface area contributed by atoms with Crippen LogP contribution in [-0.2, 0) is 17.9 Å². The Kier molecular flexibility index (Phi) is 5.20. The fourth-order valence-corrected chi connectivity index (χ4v) is 2.92. The number of rotatable bonds is 6. The zero-order valence-corrected chi connectivity index (χ0v) is 15.2. The molecule has 0 aliphatic rings. The molecular weight excluding hydrogens is 350 g/mol. The Balaban J connectivity index is 1.55. The van der Waals surface area contributed by atoms with Gasteiger partial charge in [0.05, 0.1) is 6.54 Å². The topological polar surface area (TPSA) is 63.9 Å². The van der Waals surface area contributed by atoms with E-state index in [1.807, 2.05) is 91.0 Å². The molecule has 1 amide bonds. The maximum Gasteiger partial charge on any atom is 0.250 e. The van der Waals surface area contributed by atoms with Crippen molar-refractivity contribution in [1.29, 1.82) is 0 Å². The Labute approximate surface area is 163 Å². The van der Waals surface area contributed by atoms with E-state index in [1.165, 1.54) is 4.80 Å². The first kappa shape index (κ1) is 17.6. The summed E-state index contributed by atoms with van der Waals surface area (Å²) in [4.78, 5) is 16.1. The summed E-state index contributed by atoms with van der Waals surface area (Å²) in [5.41, 5.74) is 2.75. The number of amides is 1. The fraction of sp³-hybridized carbons (Fsp3) is 0.0909. The van der Waals surface area contributed by atoms with Crippen molar-refractivity contribution in [2.24, 2.45) is 0 Å². The SMILES string of the molecule is O=C(Cn1nnc(-c2ccccc2)n1)N(Cc1ccccc1)c1ccccc1. The Bertz CT molecular complexity index is 1030. The molecule has 0 bridgehead atoms. The molecule has 0 fully saturated rings. The van der Waals surface area contributed by atoms with Crippen LogP contribution in [0, 0.1) is 0 Å². The first-order valence-electron chi connectivity index (χ1n) is 9.02. The van der Waals surface area contributed by atoms with Crippen molar-refractivity contribution in [3.63, 3.8) is 0 Å². The standard InChI is InChI=1S/C22H19N5O/c28-21(17-27-24-22(23-25-27)19-12-6-2-7-13-19)26(20-14-8-3-9-15-20)16-18-10-4-1-5-11-18/h1-15H,16-17H2. The maximum absolute atomic E-state index is 13.1. The van der Waals surface area contributed by atoms with Crippen molar-refractivity contribution in [1.82, 2.24) is 20.2 Å². The van der Waals surface area contributed by atoms with Crippen LogP contribution in [0.2, 0.25) is 0 Å². The number of aromatic nitrogens is 4. The maximum atomic E-state index is 13.1. The average molecular weight is 369 g/mol.